The molecule has 1 aliphatic heterocycles. The van der Waals surface area contributed by atoms with Crippen molar-refractivity contribution < 1.29 is 24.5 Å². The van der Waals surface area contributed by atoms with Crippen LogP contribution in [0.25, 0.3) is 0 Å². The third-order valence-electron chi connectivity index (χ3n) is 3.22. The summed E-state index contributed by atoms with van der Waals surface area (Å²) in [6.45, 7) is 8.93. The van der Waals surface area contributed by atoms with Crippen molar-refractivity contribution in [3.05, 3.63) is 0 Å². The number of ether oxygens (including phenoxy) is 1. The Hall–Kier alpha value is -1.30. The molecule has 0 aromatic rings. The lowest BCUT2D eigenvalue weighted by Gasteiger charge is -2.47. The monoisotopic (exact) mass is 273 g/mol. The minimum absolute atomic E-state index is 0.00497. The molecule has 1 amide bonds. The molecule has 0 aromatic heterocycles. The predicted molar refractivity (Wildman–Crippen MR) is 68.8 cm³/mol. The van der Waals surface area contributed by atoms with Crippen molar-refractivity contribution in [1.29, 1.82) is 0 Å². The van der Waals surface area contributed by atoms with Gasteiger partial charge in [0, 0.05) is 24.9 Å². The number of hydrogen-bond donors (Lipinski definition) is 2. The van der Waals surface area contributed by atoms with Crippen LogP contribution in [0.4, 0.5) is 4.79 Å². The lowest BCUT2D eigenvalue weighted by Crippen LogP contribution is -2.61. The summed E-state index contributed by atoms with van der Waals surface area (Å²) < 4.78 is 5.30. The maximum atomic E-state index is 12.1. The minimum atomic E-state index is -1.78. The number of aliphatic hydroxyl groups is 1. The van der Waals surface area contributed by atoms with Crippen molar-refractivity contribution in [2.45, 2.75) is 64.2 Å². The van der Waals surface area contributed by atoms with E-state index in [1.165, 1.54) is 4.90 Å². The molecule has 0 saturated carbocycles. The summed E-state index contributed by atoms with van der Waals surface area (Å²) in [6, 6.07) is 0. The molecule has 1 saturated heterocycles. The van der Waals surface area contributed by atoms with Crippen molar-refractivity contribution in [3.63, 3.8) is 0 Å². The molecule has 1 atom stereocenters. The largest absolute Gasteiger partial charge is 0.479 e. The Kier molecular flexibility index (Phi) is 3.87. The van der Waals surface area contributed by atoms with Gasteiger partial charge in [0.25, 0.3) is 0 Å². The van der Waals surface area contributed by atoms with Crippen LogP contribution in [0.5, 0.6) is 0 Å². The van der Waals surface area contributed by atoms with Gasteiger partial charge in [-0.15, -0.1) is 0 Å². The summed E-state index contributed by atoms with van der Waals surface area (Å²) in [5.74, 6) is -1.25. The van der Waals surface area contributed by atoms with E-state index >= 15 is 0 Å². The zero-order valence-corrected chi connectivity index (χ0v) is 12.2. The van der Waals surface area contributed by atoms with E-state index in [4.69, 9.17) is 9.84 Å². The summed E-state index contributed by atoms with van der Waals surface area (Å²) in [4.78, 5) is 24.7. The number of carboxylic acid groups (broad SMARTS) is 1. The SMILES string of the molecule is CC(C)(C)OC(=O)N1CCC(O)(C(=O)O)CC1(C)C. The van der Waals surface area contributed by atoms with Gasteiger partial charge in [0.1, 0.15) is 5.60 Å². The summed E-state index contributed by atoms with van der Waals surface area (Å²) >= 11 is 0. The number of amides is 1. The number of nitrogens with zero attached hydrogens (tertiary/aromatic N) is 1. The molecule has 1 unspecified atom stereocenters. The average Bonchev–Trinajstić information content (AvgIpc) is 2.11. The lowest BCUT2D eigenvalue weighted by atomic mass is 9.79. The zero-order chi connectivity index (χ0) is 15.1. The first kappa shape index (κ1) is 15.8. The fourth-order valence-corrected chi connectivity index (χ4v) is 2.34. The van der Waals surface area contributed by atoms with Gasteiger partial charge in [0.05, 0.1) is 0 Å². The van der Waals surface area contributed by atoms with Gasteiger partial charge in [-0.25, -0.2) is 9.59 Å². The van der Waals surface area contributed by atoms with Crippen LogP contribution in [-0.2, 0) is 9.53 Å². The van der Waals surface area contributed by atoms with E-state index in [1.807, 2.05) is 0 Å². The van der Waals surface area contributed by atoms with Gasteiger partial charge in [-0.1, -0.05) is 0 Å². The van der Waals surface area contributed by atoms with Crippen LogP contribution in [0.3, 0.4) is 0 Å². The number of carbonyl (C=O) groups is 2. The van der Waals surface area contributed by atoms with Gasteiger partial charge in [-0.05, 0) is 34.6 Å². The first-order valence-corrected chi connectivity index (χ1v) is 6.34. The molecule has 6 nitrogen and oxygen atoms in total. The molecule has 6 heteroatoms. The van der Waals surface area contributed by atoms with Crippen LogP contribution >= 0.6 is 0 Å². The highest BCUT2D eigenvalue weighted by atomic mass is 16.6. The standard InChI is InChI=1S/C13H23NO5/c1-11(2,3)19-10(17)14-7-6-13(18,9(15)16)8-12(14,4)5/h18H,6-8H2,1-5H3,(H,15,16). The summed E-state index contributed by atoms with van der Waals surface area (Å²) in [5.41, 5.74) is -3.15. The molecule has 0 aromatic carbocycles. The highest BCUT2D eigenvalue weighted by Gasteiger charge is 2.50. The van der Waals surface area contributed by atoms with Crippen molar-refractivity contribution >= 4 is 12.1 Å². The van der Waals surface area contributed by atoms with E-state index in [2.05, 4.69) is 0 Å². The Morgan fingerprint density at radius 2 is 1.79 bits per heavy atom. The van der Waals surface area contributed by atoms with Gasteiger partial charge < -0.3 is 19.8 Å². The molecule has 19 heavy (non-hydrogen) atoms. The molecule has 1 heterocycles. The second kappa shape index (κ2) is 4.67. The third-order valence-corrected chi connectivity index (χ3v) is 3.22. The van der Waals surface area contributed by atoms with Crippen molar-refractivity contribution in [3.8, 4) is 0 Å². The molecular formula is C13H23NO5. The maximum Gasteiger partial charge on any atom is 0.410 e. The second-order valence-electron chi connectivity index (χ2n) is 6.71. The molecule has 110 valence electrons. The van der Waals surface area contributed by atoms with Crippen LogP contribution in [-0.4, -0.2) is 50.5 Å². The van der Waals surface area contributed by atoms with Crippen LogP contribution in [0, 0.1) is 0 Å². The molecule has 0 radical (unpaired) electrons. The number of rotatable bonds is 1. The highest BCUT2D eigenvalue weighted by Crippen LogP contribution is 2.35. The normalized spacial score (nSPS) is 26.9. The average molecular weight is 273 g/mol. The van der Waals surface area contributed by atoms with E-state index in [0.717, 1.165) is 0 Å². The fraction of sp³-hybridized carbons (Fsp3) is 0.846. The predicted octanol–water partition coefficient (Wildman–Crippen LogP) is 1.61. The fourth-order valence-electron chi connectivity index (χ4n) is 2.34. The molecule has 1 rings (SSSR count). The van der Waals surface area contributed by atoms with Crippen molar-refractivity contribution in [1.82, 2.24) is 4.90 Å². The first-order chi connectivity index (χ1) is 8.37. The van der Waals surface area contributed by atoms with Gasteiger partial charge >= 0.3 is 12.1 Å². The van der Waals surface area contributed by atoms with Gasteiger partial charge in [-0.2, -0.15) is 0 Å². The Bertz CT molecular complexity index is 385. The topological polar surface area (TPSA) is 87.1 Å². The second-order valence-corrected chi connectivity index (χ2v) is 6.71. The van der Waals surface area contributed by atoms with Crippen molar-refractivity contribution in [2.75, 3.05) is 6.54 Å². The molecule has 1 aliphatic rings. The molecule has 1 fully saturated rings. The number of piperidine rings is 1. The van der Waals surface area contributed by atoms with E-state index < -0.39 is 28.8 Å². The van der Waals surface area contributed by atoms with Crippen LogP contribution in [0.2, 0.25) is 0 Å². The van der Waals surface area contributed by atoms with E-state index in [0.29, 0.717) is 0 Å². The number of aliphatic carboxylic acids is 1. The van der Waals surface area contributed by atoms with Crippen LogP contribution < -0.4 is 0 Å². The Labute approximate surface area is 113 Å². The zero-order valence-electron chi connectivity index (χ0n) is 12.2. The third kappa shape index (κ3) is 3.59. The highest BCUT2D eigenvalue weighted by molar-refractivity contribution is 5.78. The quantitative estimate of drug-likeness (QED) is 0.758. The van der Waals surface area contributed by atoms with E-state index in [9.17, 15) is 14.7 Å². The Balaban J connectivity index is 2.85. The molecular weight excluding hydrogens is 250 g/mol. The Morgan fingerprint density at radius 3 is 2.16 bits per heavy atom. The van der Waals surface area contributed by atoms with Gasteiger partial charge in [0.15, 0.2) is 5.60 Å². The molecule has 2 N–H and O–H groups in total. The maximum absolute atomic E-state index is 12.1. The van der Waals surface area contributed by atoms with Crippen LogP contribution in [0.1, 0.15) is 47.5 Å². The van der Waals surface area contributed by atoms with Gasteiger partial charge in [0.2, 0.25) is 0 Å². The number of carbonyl (C=O) groups excluding carboxylic acids is 1. The summed E-state index contributed by atoms with van der Waals surface area (Å²) in [5, 5.41) is 19.1. The van der Waals surface area contributed by atoms with Gasteiger partial charge in [-0.3, -0.25) is 0 Å². The van der Waals surface area contributed by atoms with E-state index in [1.54, 1.807) is 34.6 Å². The molecule has 0 aliphatic carbocycles. The molecule has 0 spiro atoms. The number of hydrogen-bond acceptors (Lipinski definition) is 4. The lowest BCUT2D eigenvalue weighted by molar-refractivity contribution is -0.169. The molecule has 0 bridgehead atoms. The van der Waals surface area contributed by atoms with Crippen molar-refractivity contribution in [2.24, 2.45) is 0 Å². The number of likely N-dealkylation sites (tertiary alicyclic amines) is 1. The smallest absolute Gasteiger partial charge is 0.410 e. The Morgan fingerprint density at radius 1 is 1.26 bits per heavy atom. The summed E-state index contributed by atoms with van der Waals surface area (Å²) in [6.07, 6.45) is -0.496. The first-order valence-electron chi connectivity index (χ1n) is 6.34. The van der Waals surface area contributed by atoms with Crippen LogP contribution in [0.15, 0.2) is 0 Å². The van der Waals surface area contributed by atoms with E-state index in [-0.39, 0.29) is 19.4 Å². The number of carboxylic acids is 1. The summed E-state index contributed by atoms with van der Waals surface area (Å²) in [7, 11) is 0. The minimum Gasteiger partial charge on any atom is -0.479 e.